The quantitative estimate of drug-likeness (QED) is 0.224. The van der Waals surface area contributed by atoms with Gasteiger partial charge < -0.3 is 19.6 Å². The van der Waals surface area contributed by atoms with Crippen LogP contribution in [0, 0.1) is 0 Å². The Labute approximate surface area is 160 Å². The first-order valence-corrected chi connectivity index (χ1v) is 8.19. The van der Waals surface area contributed by atoms with E-state index in [1.54, 1.807) is 48.5 Å². The number of hydrazone groups is 1. The van der Waals surface area contributed by atoms with Gasteiger partial charge in [0, 0.05) is 11.3 Å². The van der Waals surface area contributed by atoms with Gasteiger partial charge in [-0.1, -0.05) is 0 Å². The van der Waals surface area contributed by atoms with Crippen molar-refractivity contribution in [2.45, 2.75) is 0 Å². The summed E-state index contributed by atoms with van der Waals surface area (Å²) in [5.41, 5.74) is 9.65. The standard InChI is InChI=1S/C20H17N3O5/c1-26-18-11-13(4-9-16(18)28-20(25)17-3-2-10-27-17)12-22-23-19(24)14-5-7-15(21)8-6-14/h2-12H,21H2,1H3,(H,23,24). The number of furan rings is 1. The van der Waals surface area contributed by atoms with E-state index in [0.29, 0.717) is 22.6 Å². The molecule has 0 aliphatic heterocycles. The van der Waals surface area contributed by atoms with Crippen LogP contribution in [0.25, 0.3) is 0 Å². The minimum absolute atomic E-state index is 0.0815. The van der Waals surface area contributed by atoms with Crippen molar-refractivity contribution in [2.75, 3.05) is 12.8 Å². The van der Waals surface area contributed by atoms with E-state index in [-0.39, 0.29) is 17.4 Å². The molecular formula is C20H17N3O5. The molecule has 0 atom stereocenters. The van der Waals surface area contributed by atoms with Crippen LogP contribution in [0.4, 0.5) is 5.69 Å². The molecule has 0 spiro atoms. The van der Waals surface area contributed by atoms with Crippen molar-refractivity contribution in [3.8, 4) is 11.5 Å². The van der Waals surface area contributed by atoms with Crippen LogP contribution in [-0.2, 0) is 0 Å². The smallest absolute Gasteiger partial charge is 0.379 e. The van der Waals surface area contributed by atoms with Gasteiger partial charge in [0.25, 0.3) is 5.91 Å². The fraction of sp³-hybridized carbons (Fsp3) is 0.0500. The number of esters is 1. The lowest BCUT2D eigenvalue weighted by molar-refractivity contribution is 0.0696. The van der Waals surface area contributed by atoms with Crippen molar-refractivity contribution >= 4 is 23.8 Å². The Morgan fingerprint density at radius 2 is 1.89 bits per heavy atom. The lowest BCUT2D eigenvalue weighted by Gasteiger charge is -2.09. The Morgan fingerprint density at radius 1 is 1.11 bits per heavy atom. The Kier molecular flexibility index (Phi) is 5.71. The molecule has 0 bridgehead atoms. The summed E-state index contributed by atoms with van der Waals surface area (Å²) in [5, 5.41) is 3.91. The summed E-state index contributed by atoms with van der Waals surface area (Å²) in [6.07, 6.45) is 2.82. The lowest BCUT2D eigenvalue weighted by Crippen LogP contribution is -2.17. The topological polar surface area (TPSA) is 116 Å². The highest BCUT2D eigenvalue weighted by molar-refractivity contribution is 5.95. The van der Waals surface area contributed by atoms with E-state index in [1.807, 2.05) is 0 Å². The zero-order valence-electron chi connectivity index (χ0n) is 14.9. The average Bonchev–Trinajstić information content (AvgIpc) is 3.24. The number of methoxy groups -OCH3 is 1. The number of carbonyl (C=O) groups is 2. The van der Waals surface area contributed by atoms with Crippen molar-refractivity contribution in [3.63, 3.8) is 0 Å². The van der Waals surface area contributed by atoms with E-state index in [0.717, 1.165) is 0 Å². The first-order valence-electron chi connectivity index (χ1n) is 8.19. The van der Waals surface area contributed by atoms with Gasteiger partial charge in [-0.2, -0.15) is 5.10 Å². The van der Waals surface area contributed by atoms with Crippen LogP contribution >= 0.6 is 0 Å². The van der Waals surface area contributed by atoms with Gasteiger partial charge >= 0.3 is 5.97 Å². The Hall–Kier alpha value is -4.07. The third kappa shape index (κ3) is 4.55. The van der Waals surface area contributed by atoms with Crippen LogP contribution in [0.2, 0.25) is 0 Å². The van der Waals surface area contributed by atoms with E-state index < -0.39 is 5.97 Å². The Morgan fingerprint density at radius 3 is 2.57 bits per heavy atom. The van der Waals surface area contributed by atoms with Gasteiger partial charge in [-0.3, -0.25) is 4.79 Å². The van der Waals surface area contributed by atoms with Crippen molar-refractivity contribution in [1.82, 2.24) is 5.43 Å². The summed E-state index contributed by atoms with van der Waals surface area (Å²) in [5.74, 6) is -0.369. The van der Waals surface area contributed by atoms with E-state index in [1.165, 1.54) is 25.7 Å². The predicted molar refractivity (Wildman–Crippen MR) is 103 cm³/mol. The highest BCUT2D eigenvalue weighted by Crippen LogP contribution is 2.28. The molecule has 0 unspecified atom stereocenters. The number of nitrogens with one attached hydrogen (secondary N) is 1. The molecule has 1 aromatic heterocycles. The first kappa shape index (κ1) is 18.7. The summed E-state index contributed by atoms with van der Waals surface area (Å²) in [6, 6.07) is 14.4. The molecule has 0 fully saturated rings. The molecule has 2 aromatic carbocycles. The molecule has 142 valence electrons. The number of nitrogens with two attached hydrogens (primary N) is 1. The number of benzene rings is 2. The van der Waals surface area contributed by atoms with Crippen molar-refractivity contribution < 1.29 is 23.5 Å². The second-order valence-electron chi connectivity index (χ2n) is 5.60. The Bertz CT molecular complexity index is 995. The number of hydrogen-bond acceptors (Lipinski definition) is 7. The fourth-order valence-electron chi connectivity index (χ4n) is 2.26. The maximum atomic E-state index is 12.0. The molecule has 0 saturated carbocycles. The summed E-state index contributed by atoms with van der Waals surface area (Å²) in [7, 11) is 1.45. The van der Waals surface area contributed by atoms with Crippen molar-refractivity contribution in [2.24, 2.45) is 5.10 Å². The lowest BCUT2D eigenvalue weighted by atomic mass is 10.2. The third-order valence-corrected chi connectivity index (χ3v) is 3.67. The SMILES string of the molecule is COc1cc(C=NNC(=O)c2ccc(N)cc2)ccc1OC(=O)c1ccco1. The molecule has 28 heavy (non-hydrogen) atoms. The number of carbonyl (C=O) groups excluding carboxylic acids is 2. The zero-order valence-corrected chi connectivity index (χ0v) is 14.9. The summed E-state index contributed by atoms with van der Waals surface area (Å²) >= 11 is 0. The normalized spacial score (nSPS) is 10.6. The number of rotatable bonds is 6. The van der Waals surface area contributed by atoms with Gasteiger partial charge in [-0.25, -0.2) is 10.2 Å². The molecule has 3 aromatic rings. The van der Waals surface area contributed by atoms with Crippen LogP contribution in [0.5, 0.6) is 11.5 Å². The summed E-state index contributed by atoms with van der Waals surface area (Å²) < 4.78 is 15.5. The van der Waals surface area contributed by atoms with Gasteiger partial charge in [0.05, 0.1) is 19.6 Å². The number of nitrogen functional groups attached to an aromatic ring is 1. The van der Waals surface area contributed by atoms with Crippen LogP contribution in [0.1, 0.15) is 26.5 Å². The van der Waals surface area contributed by atoms with Crippen molar-refractivity contribution in [3.05, 3.63) is 77.7 Å². The van der Waals surface area contributed by atoms with Crippen LogP contribution in [0.15, 0.2) is 70.4 Å². The third-order valence-electron chi connectivity index (χ3n) is 3.67. The second-order valence-corrected chi connectivity index (χ2v) is 5.60. The van der Waals surface area contributed by atoms with E-state index >= 15 is 0 Å². The molecule has 1 heterocycles. The largest absolute Gasteiger partial charge is 0.493 e. The molecule has 1 amide bonds. The number of amides is 1. The van der Waals surface area contributed by atoms with Gasteiger partial charge in [0.1, 0.15) is 0 Å². The molecule has 0 aliphatic carbocycles. The van der Waals surface area contributed by atoms with E-state index in [2.05, 4.69) is 10.5 Å². The molecule has 0 saturated heterocycles. The molecule has 8 nitrogen and oxygen atoms in total. The van der Waals surface area contributed by atoms with Crippen LogP contribution in [-0.4, -0.2) is 25.2 Å². The van der Waals surface area contributed by atoms with Crippen LogP contribution < -0.4 is 20.6 Å². The monoisotopic (exact) mass is 379 g/mol. The van der Waals surface area contributed by atoms with Gasteiger partial charge in [-0.05, 0) is 60.2 Å². The van der Waals surface area contributed by atoms with E-state index in [9.17, 15) is 9.59 Å². The van der Waals surface area contributed by atoms with Gasteiger partial charge in [0.2, 0.25) is 5.76 Å². The number of anilines is 1. The highest BCUT2D eigenvalue weighted by atomic mass is 16.6. The number of nitrogens with zero attached hydrogens (tertiary/aromatic N) is 1. The molecule has 0 aliphatic rings. The molecule has 3 N–H and O–H groups in total. The summed E-state index contributed by atoms with van der Waals surface area (Å²) in [6.45, 7) is 0. The zero-order chi connectivity index (χ0) is 19.9. The minimum atomic E-state index is -0.638. The highest BCUT2D eigenvalue weighted by Gasteiger charge is 2.14. The van der Waals surface area contributed by atoms with Crippen molar-refractivity contribution in [1.29, 1.82) is 0 Å². The minimum Gasteiger partial charge on any atom is -0.493 e. The average molecular weight is 379 g/mol. The Balaban J connectivity index is 1.66. The molecular weight excluding hydrogens is 362 g/mol. The molecule has 8 heteroatoms. The molecule has 0 radical (unpaired) electrons. The van der Waals surface area contributed by atoms with Gasteiger partial charge in [-0.15, -0.1) is 0 Å². The maximum Gasteiger partial charge on any atom is 0.379 e. The molecule has 3 rings (SSSR count). The first-order chi connectivity index (χ1) is 13.6. The fourth-order valence-corrected chi connectivity index (χ4v) is 2.26. The second kappa shape index (κ2) is 8.54. The van der Waals surface area contributed by atoms with Gasteiger partial charge in [0.15, 0.2) is 11.5 Å². The summed E-state index contributed by atoms with van der Waals surface area (Å²) in [4.78, 5) is 24.0. The number of hydrogen-bond donors (Lipinski definition) is 2. The van der Waals surface area contributed by atoms with Crippen LogP contribution in [0.3, 0.4) is 0 Å². The predicted octanol–water partition coefficient (Wildman–Crippen LogP) is 2.85. The van der Waals surface area contributed by atoms with E-state index in [4.69, 9.17) is 19.6 Å². The maximum absolute atomic E-state index is 12.0. The number of ether oxygens (including phenoxy) is 2.